The second-order valence-electron chi connectivity index (χ2n) is 11.7. The maximum atomic E-state index is 15.4. The fourth-order valence-electron chi connectivity index (χ4n) is 5.04. The number of hydrogen-bond acceptors (Lipinski definition) is 6. The average molecular weight is 661 g/mol. The molecular formula is C36H38F2N4O6. The molecule has 3 amide bonds. The third kappa shape index (κ3) is 9.58. The first-order valence-electron chi connectivity index (χ1n) is 15.3. The smallest absolute Gasteiger partial charge is 0.412 e. The Hall–Kier alpha value is -5.36. The highest BCUT2D eigenvalue weighted by atomic mass is 19.3. The summed E-state index contributed by atoms with van der Waals surface area (Å²) in [5, 5.41) is 17.6. The minimum absolute atomic E-state index is 0.0383. The van der Waals surface area contributed by atoms with Crippen LogP contribution in [0.5, 0.6) is 0 Å². The molecule has 0 saturated heterocycles. The Morgan fingerprint density at radius 3 is 2.02 bits per heavy atom. The largest absolute Gasteiger partial charge is 0.444 e. The minimum atomic E-state index is -4.06. The zero-order valence-electron chi connectivity index (χ0n) is 26.6. The summed E-state index contributed by atoms with van der Waals surface area (Å²) < 4.78 is 37.2. The molecule has 252 valence electrons. The van der Waals surface area contributed by atoms with Crippen LogP contribution in [0, 0.1) is 5.92 Å². The van der Waals surface area contributed by atoms with Crippen LogP contribution in [0.25, 0.3) is 11.3 Å². The lowest BCUT2D eigenvalue weighted by Crippen LogP contribution is -2.56. The number of halogens is 2. The first-order valence-corrected chi connectivity index (χ1v) is 15.3. The van der Waals surface area contributed by atoms with Gasteiger partial charge in [-0.15, -0.1) is 0 Å². The molecule has 4 N–H and O–H groups in total. The molecule has 12 heteroatoms. The number of aliphatic hydroxyl groups is 1. The number of hydrogen-bond donors (Lipinski definition) is 4. The van der Waals surface area contributed by atoms with Crippen molar-refractivity contribution in [3.8, 4) is 11.3 Å². The summed E-state index contributed by atoms with van der Waals surface area (Å²) in [6, 6.07) is 29.5. The Bertz CT molecular complexity index is 1740. The van der Waals surface area contributed by atoms with E-state index in [2.05, 4.69) is 16.0 Å². The highest BCUT2D eigenvalue weighted by Crippen LogP contribution is 2.33. The number of carbonyl (C=O) groups excluding carboxylic acids is 3. The summed E-state index contributed by atoms with van der Waals surface area (Å²) in [6.45, 7) is 0.756. The van der Waals surface area contributed by atoms with E-state index in [0.29, 0.717) is 17.7 Å². The summed E-state index contributed by atoms with van der Waals surface area (Å²) in [4.78, 5) is 51.8. The van der Waals surface area contributed by atoms with Crippen LogP contribution in [0.4, 0.5) is 19.3 Å². The number of rotatable bonds is 14. The van der Waals surface area contributed by atoms with Gasteiger partial charge < -0.3 is 20.5 Å². The van der Waals surface area contributed by atoms with Crippen LogP contribution in [-0.2, 0) is 33.9 Å². The number of benzene rings is 3. The monoisotopic (exact) mass is 660 g/mol. The Balaban J connectivity index is 1.47. The molecule has 3 aromatic carbocycles. The molecule has 0 aliphatic rings. The van der Waals surface area contributed by atoms with Crippen molar-refractivity contribution in [2.75, 3.05) is 18.4 Å². The third-order valence-electron chi connectivity index (χ3n) is 7.63. The zero-order chi connectivity index (χ0) is 34.7. The van der Waals surface area contributed by atoms with Gasteiger partial charge in [0.2, 0.25) is 5.91 Å². The zero-order valence-corrected chi connectivity index (χ0v) is 26.6. The number of aromatic nitrogens is 1. The van der Waals surface area contributed by atoms with E-state index in [1.165, 1.54) is 12.1 Å². The fourth-order valence-corrected chi connectivity index (χ4v) is 5.04. The highest BCUT2D eigenvalue weighted by Gasteiger charge is 2.53. The number of pyridine rings is 1. The third-order valence-corrected chi connectivity index (χ3v) is 7.63. The van der Waals surface area contributed by atoms with E-state index in [0.717, 1.165) is 29.5 Å². The van der Waals surface area contributed by atoms with Crippen LogP contribution >= 0.6 is 0 Å². The van der Waals surface area contributed by atoms with Crippen molar-refractivity contribution >= 4 is 23.6 Å². The molecule has 48 heavy (non-hydrogen) atoms. The molecule has 10 nitrogen and oxygen atoms in total. The van der Waals surface area contributed by atoms with E-state index in [4.69, 9.17) is 4.74 Å². The molecule has 0 fully saturated rings. The van der Waals surface area contributed by atoms with Crippen LogP contribution in [0.15, 0.2) is 108 Å². The van der Waals surface area contributed by atoms with Crippen molar-refractivity contribution in [1.29, 1.82) is 0 Å². The molecule has 0 aliphatic carbocycles. The molecule has 1 heterocycles. The van der Waals surface area contributed by atoms with Crippen LogP contribution in [0.1, 0.15) is 25.0 Å². The Morgan fingerprint density at radius 2 is 1.42 bits per heavy atom. The van der Waals surface area contributed by atoms with Crippen molar-refractivity contribution in [3.05, 3.63) is 125 Å². The molecule has 1 aromatic heterocycles. The van der Waals surface area contributed by atoms with Gasteiger partial charge in [-0.25, -0.2) is 4.79 Å². The summed E-state index contributed by atoms with van der Waals surface area (Å²) in [5.74, 6) is -8.49. The first-order chi connectivity index (χ1) is 22.9. The molecule has 4 rings (SSSR count). The number of nitrogens with one attached hydrogen (secondary N) is 3. The van der Waals surface area contributed by atoms with Gasteiger partial charge in [0, 0.05) is 13.1 Å². The first kappa shape index (κ1) is 35.5. The lowest BCUT2D eigenvalue weighted by atomic mass is 9.84. The Morgan fingerprint density at radius 1 is 0.833 bits per heavy atom. The normalized spacial score (nSPS) is 12.1. The fraction of sp³-hybridized carbons (Fsp3) is 0.278. The quantitative estimate of drug-likeness (QED) is 0.154. The van der Waals surface area contributed by atoms with Gasteiger partial charge in [0.1, 0.15) is 18.8 Å². The number of nitrogens with zero attached hydrogens (tertiary/aromatic N) is 1. The highest BCUT2D eigenvalue weighted by molar-refractivity contribution is 5.85. The number of carbonyl (C=O) groups is 3. The number of alkyl halides is 2. The summed E-state index contributed by atoms with van der Waals surface area (Å²) >= 11 is 0. The Kier molecular flexibility index (Phi) is 11.8. The summed E-state index contributed by atoms with van der Waals surface area (Å²) in [6.07, 6.45) is -0.569. The van der Waals surface area contributed by atoms with Crippen LogP contribution in [0.3, 0.4) is 0 Å². The second-order valence-corrected chi connectivity index (χ2v) is 11.7. The molecule has 4 aromatic rings. The van der Waals surface area contributed by atoms with Crippen molar-refractivity contribution in [2.45, 2.75) is 44.9 Å². The average Bonchev–Trinajstić information content (AvgIpc) is 3.06. The van der Waals surface area contributed by atoms with Gasteiger partial charge >= 0.3 is 12.0 Å². The second kappa shape index (κ2) is 16.0. The van der Waals surface area contributed by atoms with Gasteiger partial charge in [-0.1, -0.05) is 91.0 Å². The predicted octanol–water partition coefficient (Wildman–Crippen LogP) is 4.76. The molecule has 0 spiro atoms. The number of amides is 3. The lowest BCUT2D eigenvalue weighted by molar-refractivity contribution is -0.171. The van der Waals surface area contributed by atoms with Crippen molar-refractivity contribution in [2.24, 2.45) is 5.92 Å². The van der Waals surface area contributed by atoms with Gasteiger partial charge in [-0.2, -0.15) is 8.78 Å². The molecule has 1 atom stereocenters. The molecule has 0 bridgehead atoms. The van der Waals surface area contributed by atoms with Gasteiger partial charge in [0.25, 0.3) is 11.5 Å². The maximum absolute atomic E-state index is 15.4. The standard InChI is InChI=1S/C36H38F2N4O6/c1-35(2,47)30(36(37,38)33(45)39-21-20-25-12-6-3-7-13-25)22-40-31(43)23-42-29(27-16-10-5-11-17-27)19-18-28(32(42)44)41-34(46)48-24-26-14-8-4-9-15-26/h3-19,30,47H,20-24H2,1-2H3,(H,39,45)(H,40,43)(H,41,46). The van der Waals surface area contributed by atoms with E-state index in [1.54, 1.807) is 78.9 Å². The number of anilines is 1. The van der Waals surface area contributed by atoms with Crippen molar-refractivity contribution < 1.29 is 33.0 Å². The van der Waals surface area contributed by atoms with Crippen LogP contribution in [-0.4, -0.2) is 52.2 Å². The van der Waals surface area contributed by atoms with Gasteiger partial charge in [0.15, 0.2) is 0 Å². The van der Waals surface area contributed by atoms with Crippen molar-refractivity contribution in [3.63, 3.8) is 0 Å². The predicted molar refractivity (Wildman–Crippen MR) is 177 cm³/mol. The van der Waals surface area contributed by atoms with Crippen molar-refractivity contribution in [1.82, 2.24) is 15.2 Å². The lowest BCUT2D eigenvalue weighted by Gasteiger charge is -2.34. The SMILES string of the molecule is CC(C)(O)C(CNC(=O)Cn1c(-c2ccccc2)ccc(NC(=O)OCc2ccccc2)c1=O)C(F)(F)C(=O)NCCc1ccccc1. The van der Waals surface area contributed by atoms with E-state index in [-0.39, 0.29) is 18.8 Å². The van der Waals surface area contributed by atoms with Gasteiger partial charge in [-0.3, -0.25) is 24.3 Å². The number of ether oxygens (including phenoxy) is 1. The van der Waals surface area contributed by atoms with Gasteiger partial charge in [-0.05, 0) is 49.1 Å². The Labute approximate surface area is 276 Å². The summed E-state index contributed by atoms with van der Waals surface area (Å²) in [7, 11) is 0. The van der Waals surface area contributed by atoms with E-state index >= 15 is 8.78 Å². The van der Waals surface area contributed by atoms with E-state index in [9.17, 15) is 24.3 Å². The molecule has 0 aliphatic heterocycles. The maximum Gasteiger partial charge on any atom is 0.412 e. The van der Waals surface area contributed by atoms with E-state index in [1.807, 2.05) is 12.1 Å². The van der Waals surface area contributed by atoms with E-state index < -0.39 is 54.0 Å². The topological polar surface area (TPSA) is 139 Å². The summed E-state index contributed by atoms with van der Waals surface area (Å²) in [5.41, 5.74) is -0.515. The molecule has 0 radical (unpaired) electrons. The molecular weight excluding hydrogens is 622 g/mol. The molecule has 0 saturated carbocycles. The van der Waals surface area contributed by atoms with Crippen LogP contribution in [0.2, 0.25) is 0 Å². The molecule has 1 unspecified atom stereocenters. The van der Waals surface area contributed by atoms with Crippen LogP contribution < -0.4 is 21.5 Å². The van der Waals surface area contributed by atoms with Gasteiger partial charge in [0.05, 0.1) is 17.2 Å². The minimum Gasteiger partial charge on any atom is -0.444 e.